The third-order valence-electron chi connectivity index (χ3n) is 3.27. The molecule has 0 bridgehead atoms. The second kappa shape index (κ2) is 8.94. The Morgan fingerprint density at radius 3 is 2.70 bits per heavy atom. The maximum Gasteiger partial charge on any atom is 0.303 e. The molecule has 110 valence electrons. The highest BCUT2D eigenvalue weighted by Gasteiger charge is 2.10. The summed E-state index contributed by atoms with van der Waals surface area (Å²) in [5.41, 5.74) is 0.662. The monoisotopic (exact) mass is 389 g/mol. The van der Waals surface area contributed by atoms with Crippen LogP contribution in [0.1, 0.15) is 43.0 Å². The molecule has 0 aliphatic heterocycles. The fraction of sp³-hybridized carbons (Fsp3) is 0.467. The molecule has 0 fully saturated rings. The number of hydrogen-bond acceptors (Lipinski definition) is 2. The maximum atomic E-state index is 11.9. The van der Waals surface area contributed by atoms with Crippen molar-refractivity contribution in [3.8, 4) is 0 Å². The Labute approximate surface area is 133 Å². The first-order chi connectivity index (χ1) is 9.52. The molecule has 0 aliphatic rings. The zero-order valence-corrected chi connectivity index (χ0v) is 13.7. The Morgan fingerprint density at radius 1 is 1.35 bits per heavy atom. The van der Waals surface area contributed by atoms with E-state index in [1.165, 1.54) is 0 Å². The van der Waals surface area contributed by atoms with Gasteiger partial charge in [-0.05, 0) is 59.5 Å². The number of hydrogen-bond donors (Lipinski definition) is 2. The standard InChI is InChI=1S/C15H20INO3/c1-2-11(6-7-14(18)19)8-9-17-15(20)12-4-3-5-13(16)10-12/h3-5,10-11H,2,6-9H2,1H3,(H,17,20)(H,18,19). The fourth-order valence-electron chi connectivity index (χ4n) is 2.00. The van der Waals surface area contributed by atoms with Crippen molar-refractivity contribution in [3.05, 3.63) is 33.4 Å². The van der Waals surface area contributed by atoms with Crippen LogP contribution >= 0.6 is 22.6 Å². The molecule has 0 aliphatic carbocycles. The average Bonchev–Trinajstić information content (AvgIpc) is 2.42. The third-order valence-corrected chi connectivity index (χ3v) is 3.94. The van der Waals surface area contributed by atoms with Gasteiger partial charge in [-0.1, -0.05) is 19.4 Å². The zero-order chi connectivity index (χ0) is 15.0. The lowest BCUT2D eigenvalue weighted by atomic mass is 9.96. The number of aliphatic carboxylic acids is 1. The maximum absolute atomic E-state index is 11.9. The van der Waals surface area contributed by atoms with Crippen LogP contribution in [0.3, 0.4) is 0 Å². The van der Waals surface area contributed by atoms with Gasteiger partial charge in [0, 0.05) is 22.1 Å². The van der Waals surface area contributed by atoms with Crippen molar-refractivity contribution in [1.82, 2.24) is 5.32 Å². The average molecular weight is 389 g/mol. The van der Waals surface area contributed by atoms with Gasteiger partial charge in [0.15, 0.2) is 0 Å². The van der Waals surface area contributed by atoms with E-state index in [-0.39, 0.29) is 12.3 Å². The Bertz CT molecular complexity index is 462. The smallest absolute Gasteiger partial charge is 0.303 e. The van der Waals surface area contributed by atoms with Crippen LogP contribution in [-0.2, 0) is 4.79 Å². The molecule has 1 unspecified atom stereocenters. The first kappa shape index (κ1) is 16.9. The second-order valence-corrected chi connectivity index (χ2v) is 6.01. The number of carboxylic acid groups (broad SMARTS) is 1. The van der Waals surface area contributed by atoms with Crippen molar-refractivity contribution in [2.24, 2.45) is 5.92 Å². The van der Waals surface area contributed by atoms with Gasteiger partial charge in [-0.3, -0.25) is 9.59 Å². The number of amides is 1. The van der Waals surface area contributed by atoms with Gasteiger partial charge < -0.3 is 10.4 Å². The van der Waals surface area contributed by atoms with Gasteiger partial charge in [0.1, 0.15) is 0 Å². The highest BCUT2D eigenvalue weighted by Crippen LogP contribution is 2.15. The van der Waals surface area contributed by atoms with E-state index in [9.17, 15) is 9.59 Å². The lowest BCUT2D eigenvalue weighted by Crippen LogP contribution is -2.26. The van der Waals surface area contributed by atoms with E-state index in [1.54, 1.807) is 6.07 Å². The van der Waals surface area contributed by atoms with Crippen LogP contribution in [-0.4, -0.2) is 23.5 Å². The molecular formula is C15H20INO3. The third kappa shape index (κ3) is 6.36. The molecule has 2 N–H and O–H groups in total. The van der Waals surface area contributed by atoms with Gasteiger partial charge in [0.2, 0.25) is 0 Å². The minimum absolute atomic E-state index is 0.0726. The molecule has 0 radical (unpaired) electrons. The molecular weight excluding hydrogens is 369 g/mol. The number of nitrogens with one attached hydrogen (secondary N) is 1. The number of rotatable bonds is 8. The Morgan fingerprint density at radius 2 is 2.10 bits per heavy atom. The minimum Gasteiger partial charge on any atom is -0.481 e. The first-order valence-corrected chi connectivity index (χ1v) is 7.86. The largest absolute Gasteiger partial charge is 0.481 e. The highest BCUT2D eigenvalue weighted by molar-refractivity contribution is 14.1. The van der Waals surface area contributed by atoms with Crippen LogP contribution in [0.4, 0.5) is 0 Å². The van der Waals surface area contributed by atoms with E-state index in [4.69, 9.17) is 5.11 Å². The molecule has 4 nitrogen and oxygen atoms in total. The fourth-order valence-corrected chi connectivity index (χ4v) is 2.54. The normalized spacial score (nSPS) is 11.9. The summed E-state index contributed by atoms with van der Waals surface area (Å²) in [5, 5.41) is 11.6. The van der Waals surface area contributed by atoms with Gasteiger partial charge in [-0.2, -0.15) is 0 Å². The van der Waals surface area contributed by atoms with E-state index in [2.05, 4.69) is 27.9 Å². The van der Waals surface area contributed by atoms with Crippen molar-refractivity contribution in [3.63, 3.8) is 0 Å². The van der Waals surface area contributed by atoms with Crippen LogP contribution in [0.5, 0.6) is 0 Å². The number of carbonyl (C=O) groups is 2. The highest BCUT2D eigenvalue weighted by atomic mass is 127. The van der Waals surface area contributed by atoms with E-state index < -0.39 is 5.97 Å². The van der Waals surface area contributed by atoms with Crippen molar-refractivity contribution in [1.29, 1.82) is 0 Å². The molecule has 0 spiro atoms. The molecule has 1 atom stereocenters. The van der Waals surface area contributed by atoms with Crippen LogP contribution < -0.4 is 5.32 Å². The van der Waals surface area contributed by atoms with Crippen LogP contribution in [0.2, 0.25) is 0 Å². The van der Waals surface area contributed by atoms with Crippen molar-refractivity contribution in [2.75, 3.05) is 6.54 Å². The van der Waals surface area contributed by atoms with Crippen molar-refractivity contribution >= 4 is 34.5 Å². The van der Waals surface area contributed by atoms with E-state index in [0.717, 1.165) is 16.4 Å². The van der Waals surface area contributed by atoms with E-state index in [1.807, 2.05) is 25.1 Å². The quantitative estimate of drug-likeness (QED) is 0.671. The molecule has 0 saturated carbocycles. The van der Waals surface area contributed by atoms with Crippen LogP contribution in [0.15, 0.2) is 24.3 Å². The molecule has 20 heavy (non-hydrogen) atoms. The predicted octanol–water partition coefficient (Wildman–Crippen LogP) is 3.30. The summed E-state index contributed by atoms with van der Waals surface area (Å²) in [6, 6.07) is 7.44. The molecule has 1 aromatic carbocycles. The molecule has 1 rings (SSSR count). The van der Waals surface area contributed by atoms with E-state index in [0.29, 0.717) is 24.4 Å². The summed E-state index contributed by atoms with van der Waals surface area (Å²) in [6.07, 6.45) is 2.63. The number of halogens is 1. The Kier molecular flexibility index (Phi) is 7.58. The van der Waals surface area contributed by atoms with Crippen LogP contribution in [0, 0.1) is 9.49 Å². The van der Waals surface area contributed by atoms with Gasteiger partial charge in [-0.15, -0.1) is 0 Å². The number of benzene rings is 1. The summed E-state index contributed by atoms with van der Waals surface area (Å²) >= 11 is 2.17. The summed E-state index contributed by atoms with van der Waals surface area (Å²) in [7, 11) is 0. The van der Waals surface area contributed by atoms with E-state index >= 15 is 0 Å². The zero-order valence-electron chi connectivity index (χ0n) is 11.6. The molecule has 5 heteroatoms. The first-order valence-electron chi connectivity index (χ1n) is 6.78. The molecule has 0 heterocycles. The molecule has 1 aromatic rings. The van der Waals surface area contributed by atoms with Crippen LogP contribution in [0.25, 0.3) is 0 Å². The minimum atomic E-state index is -0.758. The van der Waals surface area contributed by atoms with Gasteiger partial charge in [0.25, 0.3) is 5.91 Å². The lowest BCUT2D eigenvalue weighted by Gasteiger charge is -2.14. The number of carbonyl (C=O) groups excluding carboxylic acids is 1. The Hall–Kier alpha value is -1.11. The topological polar surface area (TPSA) is 66.4 Å². The molecule has 0 aromatic heterocycles. The van der Waals surface area contributed by atoms with Crippen molar-refractivity contribution < 1.29 is 14.7 Å². The van der Waals surface area contributed by atoms with Gasteiger partial charge >= 0.3 is 5.97 Å². The van der Waals surface area contributed by atoms with Gasteiger partial charge in [-0.25, -0.2) is 0 Å². The summed E-state index contributed by atoms with van der Waals surface area (Å²) in [4.78, 5) is 22.5. The SMILES string of the molecule is CCC(CCNC(=O)c1cccc(I)c1)CCC(=O)O. The Balaban J connectivity index is 2.35. The lowest BCUT2D eigenvalue weighted by molar-refractivity contribution is -0.137. The van der Waals surface area contributed by atoms with Gasteiger partial charge in [0.05, 0.1) is 0 Å². The summed E-state index contributed by atoms with van der Waals surface area (Å²) in [5.74, 6) is -0.481. The second-order valence-electron chi connectivity index (χ2n) is 4.76. The summed E-state index contributed by atoms with van der Waals surface area (Å²) in [6.45, 7) is 2.64. The molecule has 1 amide bonds. The number of carboxylic acids is 1. The van der Waals surface area contributed by atoms with Crippen molar-refractivity contribution in [2.45, 2.75) is 32.6 Å². The summed E-state index contributed by atoms with van der Waals surface area (Å²) < 4.78 is 1.03. The predicted molar refractivity (Wildman–Crippen MR) is 86.8 cm³/mol. The molecule has 0 saturated heterocycles.